The van der Waals surface area contributed by atoms with Gasteiger partial charge in [0.25, 0.3) is 0 Å². The number of benzene rings is 1. The van der Waals surface area contributed by atoms with E-state index in [1.54, 1.807) is 0 Å². The minimum atomic E-state index is 0.369. The molecule has 112 valence electrons. The van der Waals surface area contributed by atoms with Crippen LogP contribution in [0, 0.1) is 6.92 Å². The molecule has 1 atom stereocenters. The number of aryl methyl sites for hydroxylation is 2. The van der Waals surface area contributed by atoms with E-state index in [0.29, 0.717) is 12.0 Å². The first kappa shape index (κ1) is 15.3. The molecule has 0 saturated carbocycles. The van der Waals surface area contributed by atoms with Gasteiger partial charge in [-0.3, -0.25) is 0 Å². The van der Waals surface area contributed by atoms with Gasteiger partial charge in [-0.25, -0.2) is 4.98 Å². The lowest BCUT2D eigenvalue weighted by atomic mass is 10.1. The highest BCUT2D eigenvalue weighted by Crippen LogP contribution is 2.13. The molecule has 0 spiro atoms. The van der Waals surface area contributed by atoms with E-state index in [2.05, 4.69) is 57.9 Å². The summed E-state index contributed by atoms with van der Waals surface area (Å²) in [5.41, 5.74) is 2.34. The summed E-state index contributed by atoms with van der Waals surface area (Å²) in [6.07, 6.45) is 2.14. The molecule has 1 aromatic carbocycles. The number of rotatable bonds is 7. The SMILES string of the molecule is CCNc1nc(C)cc(NC(C)CCc2ccccc2)n1. The molecule has 2 rings (SSSR count). The second-order valence-corrected chi connectivity index (χ2v) is 5.32. The number of hydrogen-bond acceptors (Lipinski definition) is 4. The topological polar surface area (TPSA) is 49.8 Å². The summed E-state index contributed by atoms with van der Waals surface area (Å²) in [6.45, 7) is 7.05. The molecule has 1 heterocycles. The van der Waals surface area contributed by atoms with Gasteiger partial charge in [-0.2, -0.15) is 4.98 Å². The van der Waals surface area contributed by atoms with Crippen LogP contribution in [0.4, 0.5) is 11.8 Å². The quantitative estimate of drug-likeness (QED) is 0.815. The van der Waals surface area contributed by atoms with E-state index in [-0.39, 0.29) is 0 Å². The normalized spacial score (nSPS) is 12.0. The molecule has 0 aliphatic heterocycles. The summed E-state index contributed by atoms with van der Waals surface area (Å²) in [5, 5.41) is 6.62. The minimum Gasteiger partial charge on any atom is -0.367 e. The van der Waals surface area contributed by atoms with Crippen molar-refractivity contribution in [2.24, 2.45) is 0 Å². The van der Waals surface area contributed by atoms with E-state index in [1.807, 2.05) is 19.9 Å². The summed E-state index contributed by atoms with van der Waals surface area (Å²) < 4.78 is 0. The Morgan fingerprint density at radius 1 is 1.14 bits per heavy atom. The third kappa shape index (κ3) is 5.06. The third-order valence-electron chi connectivity index (χ3n) is 3.29. The van der Waals surface area contributed by atoms with Crippen LogP contribution >= 0.6 is 0 Å². The van der Waals surface area contributed by atoms with Gasteiger partial charge in [0.2, 0.25) is 5.95 Å². The molecular weight excluding hydrogens is 260 g/mol. The minimum absolute atomic E-state index is 0.369. The maximum atomic E-state index is 4.48. The van der Waals surface area contributed by atoms with Crippen LogP contribution in [0.25, 0.3) is 0 Å². The molecule has 0 radical (unpaired) electrons. The second kappa shape index (κ2) is 7.62. The zero-order valence-corrected chi connectivity index (χ0v) is 13.1. The molecule has 0 fully saturated rings. The Labute approximate surface area is 127 Å². The molecule has 21 heavy (non-hydrogen) atoms. The van der Waals surface area contributed by atoms with Crippen molar-refractivity contribution in [2.45, 2.75) is 39.7 Å². The Hall–Kier alpha value is -2.10. The van der Waals surface area contributed by atoms with Gasteiger partial charge in [0.1, 0.15) is 5.82 Å². The fourth-order valence-electron chi connectivity index (χ4n) is 2.23. The van der Waals surface area contributed by atoms with Crippen molar-refractivity contribution >= 4 is 11.8 Å². The second-order valence-electron chi connectivity index (χ2n) is 5.32. The molecule has 0 amide bonds. The fourth-order valence-corrected chi connectivity index (χ4v) is 2.23. The van der Waals surface area contributed by atoms with Crippen molar-refractivity contribution in [2.75, 3.05) is 17.2 Å². The van der Waals surface area contributed by atoms with Crippen LogP contribution in [-0.2, 0) is 6.42 Å². The molecule has 2 N–H and O–H groups in total. The first-order valence-corrected chi connectivity index (χ1v) is 7.57. The summed E-state index contributed by atoms with van der Waals surface area (Å²) in [7, 11) is 0. The number of nitrogens with zero attached hydrogens (tertiary/aromatic N) is 2. The summed E-state index contributed by atoms with van der Waals surface area (Å²) >= 11 is 0. The molecule has 4 nitrogen and oxygen atoms in total. The van der Waals surface area contributed by atoms with Gasteiger partial charge < -0.3 is 10.6 Å². The first-order valence-electron chi connectivity index (χ1n) is 7.57. The van der Waals surface area contributed by atoms with E-state index in [9.17, 15) is 0 Å². The van der Waals surface area contributed by atoms with E-state index in [1.165, 1.54) is 5.56 Å². The molecule has 1 unspecified atom stereocenters. The van der Waals surface area contributed by atoms with Crippen LogP contribution in [0.15, 0.2) is 36.4 Å². The van der Waals surface area contributed by atoms with Crippen LogP contribution in [0.2, 0.25) is 0 Å². The zero-order chi connectivity index (χ0) is 15.1. The lowest BCUT2D eigenvalue weighted by molar-refractivity contribution is 0.702. The van der Waals surface area contributed by atoms with Gasteiger partial charge in [0, 0.05) is 24.3 Å². The summed E-state index contributed by atoms with van der Waals surface area (Å²) in [5.74, 6) is 1.58. The van der Waals surface area contributed by atoms with Gasteiger partial charge in [0.05, 0.1) is 0 Å². The number of hydrogen-bond donors (Lipinski definition) is 2. The van der Waals surface area contributed by atoms with Gasteiger partial charge >= 0.3 is 0 Å². The first-order chi connectivity index (χ1) is 10.2. The molecule has 1 aromatic heterocycles. The molecule has 0 bridgehead atoms. The Balaban J connectivity index is 1.91. The molecule has 2 aromatic rings. The van der Waals surface area contributed by atoms with Crippen LogP contribution < -0.4 is 10.6 Å². The summed E-state index contributed by atoms with van der Waals surface area (Å²) in [4.78, 5) is 8.85. The standard InChI is InChI=1S/C17H24N4/c1-4-18-17-20-14(3)12-16(21-17)19-13(2)10-11-15-8-6-5-7-9-15/h5-9,12-13H,4,10-11H2,1-3H3,(H2,18,19,20,21). The smallest absolute Gasteiger partial charge is 0.224 e. The average molecular weight is 284 g/mol. The largest absolute Gasteiger partial charge is 0.367 e. The van der Waals surface area contributed by atoms with Gasteiger partial charge in [0.15, 0.2) is 0 Å². The Bertz CT molecular complexity index is 554. The molecule has 0 aliphatic rings. The van der Waals surface area contributed by atoms with Crippen molar-refractivity contribution in [3.05, 3.63) is 47.7 Å². The highest BCUT2D eigenvalue weighted by molar-refractivity contribution is 5.42. The fraction of sp³-hybridized carbons (Fsp3) is 0.412. The molecular formula is C17H24N4. The van der Waals surface area contributed by atoms with Crippen LogP contribution in [0.3, 0.4) is 0 Å². The molecule has 4 heteroatoms. The van der Waals surface area contributed by atoms with Gasteiger partial charge in [-0.05, 0) is 39.2 Å². The van der Waals surface area contributed by atoms with Crippen LogP contribution in [0.5, 0.6) is 0 Å². The van der Waals surface area contributed by atoms with Crippen molar-refractivity contribution < 1.29 is 0 Å². The van der Waals surface area contributed by atoms with Crippen LogP contribution in [-0.4, -0.2) is 22.6 Å². The van der Waals surface area contributed by atoms with E-state index < -0.39 is 0 Å². The number of anilines is 2. The average Bonchev–Trinajstić information content (AvgIpc) is 2.46. The third-order valence-corrected chi connectivity index (χ3v) is 3.29. The van der Waals surface area contributed by atoms with E-state index >= 15 is 0 Å². The van der Waals surface area contributed by atoms with Crippen molar-refractivity contribution in [3.63, 3.8) is 0 Å². The molecule has 0 aliphatic carbocycles. The lowest BCUT2D eigenvalue weighted by Gasteiger charge is -2.15. The number of aromatic nitrogens is 2. The Morgan fingerprint density at radius 2 is 1.90 bits per heavy atom. The van der Waals surface area contributed by atoms with Gasteiger partial charge in [-0.15, -0.1) is 0 Å². The number of nitrogens with one attached hydrogen (secondary N) is 2. The molecule has 0 saturated heterocycles. The van der Waals surface area contributed by atoms with Crippen molar-refractivity contribution in [1.29, 1.82) is 0 Å². The Morgan fingerprint density at radius 3 is 2.62 bits per heavy atom. The van der Waals surface area contributed by atoms with E-state index in [0.717, 1.165) is 30.9 Å². The van der Waals surface area contributed by atoms with E-state index in [4.69, 9.17) is 0 Å². The predicted octanol–water partition coefficient (Wildman–Crippen LogP) is 3.65. The highest BCUT2D eigenvalue weighted by Gasteiger charge is 2.06. The van der Waals surface area contributed by atoms with Crippen LogP contribution in [0.1, 0.15) is 31.5 Å². The predicted molar refractivity (Wildman–Crippen MR) is 88.8 cm³/mol. The Kier molecular flexibility index (Phi) is 5.55. The summed E-state index contributed by atoms with van der Waals surface area (Å²) in [6, 6.07) is 12.9. The monoisotopic (exact) mass is 284 g/mol. The maximum Gasteiger partial charge on any atom is 0.224 e. The zero-order valence-electron chi connectivity index (χ0n) is 13.1. The highest BCUT2D eigenvalue weighted by atomic mass is 15.1. The van der Waals surface area contributed by atoms with Gasteiger partial charge in [-0.1, -0.05) is 30.3 Å². The van der Waals surface area contributed by atoms with Crippen molar-refractivity contribution in [3.8, 4) is 0 Å². The lowest BCUT2D eigenvalue weighted by Crippen LogP contribution is -2.18. The van der Waals surface area contributed by atoms with Crippen molar-refractivity contribution in [1.82, 2.24) is 9.97 Å². The maximum absolute atomic E-state index is 4.48.